The molecule has 0 amide bonds. The summed E-state index contributed by atoms with van der Waals surface area (Å²) in [6.45, 7) is 1.91. The van der Waals surface area contributed by atoms with Crippen molar-refractivity contribution in [3.05, 3.63) is 51.2 Å². The Hall–Kier alpha value is -1.52. The quantitative estimate of drug-likeness (QED) is 0.892. The van der Waals surface area contributed by atoms with Gasteiger partial charge in [0.1, 0.15) is 0 Å². The number of anilines is 1. The number of hydrogen-bond donors (Lipinski definition) is 2. The molecule has 0 spiro atoms. The fraction of sp³-hybridized carbons (Fsp3) is 0.154. The van der Waals surface area contributed by atoms with Crippen molar-refractivity contribution in [1.29, 1.82) is 0 Å². The largest absolute Gasteiger partial charge is 0.479 e. The molecule has 2 aromatic rings. The van der Waals surface area contributed by atoms with E-state index in [1.54, 1.807) is 24.3 Å². The van der Waals surface area contributed by atoms with Crippen molar-refractivity contribution >= 4 is 34.6 Å². The van der Waals surface area contributed by atoms with Crippen molar-refractivity contribution in [2.24, 2.45) is 0 Å². The Morgan fingerprint density at radius 2 is 2.00 bits per heavy atom. The van der Waals surface area contributed by atoms with Gasteiger partial charge in [0.15, 0.2) is 6.04 Å². The molecule has 0 radical (unpaired) electrons. The Morgan fingerprint density at radius 1 is 1.33 bits per heavy atom. The van der Waals surface area contributed by atoms with E-state index in [0.29, 0.717) is 5.02 Å². The molecule has 1 atom stereocenters. The molecule has 0 saturated carbocycles. The number of rotatable bonds is 4. The summed E-state index contributed by atoms with van der Waals surface area (Å²) >= 11 is 7.23. The molecule has 1 aromatic heterocycles. The van der Waals surface area contributed by atoms with Crippen LogP contribution in [0.3, 0.4) is 0 Å². The Morgan fingerprint density at radius 3 is 2.50 bits per heavy atom. The van der Waals surface area contributed by atoms with Gasteiger partial charge in [-0.15, -0.1) is 11.3 Å². The smallest absolute Gasteiger partial charge is 0.331 e. The maximum absolute atomic E-state index is 11.3. The first kappa shape index (κ1) is 12.9. The minimum atomic E-state index is -0.893. The number of carboxylic acids is 1. The molecule has 0 aliphatic heterocycles. The van der Waals surface area contributed by atoms with Crippen LogP contribution in [0, 0.1) is 6.92 Å². The maximum Gasteiger partial charge on any atom is 0.331 e. The van der Waals surface area contributed by atoms with E-state index in [1.807, 2.05) is 18.4 Å². The Kier molecular flexibility index (Phi) is 3.89. The van der Waals surface area contributed by atoms with Crippen LogP contribution in [0.2, 0.25) is 5.02 Å². The van der Waals surface area contributed by atoms with Crippen LogP contribution in [-0.2, 0) is 4.79 Å². The molecule has 0 fully saturated rings. The van der Waals surface area contributed by atoms with E-state index in [1.165, 1.54) is 11.3 Å². The molecule has 0 aliphatic rings. The highest BCUT2D eigenvalue weighted by Crippen LogP contribution is 2.28. The molecule has 0 bridgehead atoms. The summed E-state index contributed by atoms with van der Waals surface area (Å²) in [5, 5.41) is 14.8. The lowest BCUT2D eigenvalue weighted by molar-refractivity contribution is -0.138. The first-order valence-corrected chi connectivity index (χ1v) is 6.62. The molecule has 1 heterocycles. The predicted molar refractivity (Wildman–Crippen MR) is 74.5 cm³/mol. The van der Waals surface area contributed by atoms with Gasteiger partial charge in [-0.2, -0.15) is 0 Å². The molecule has 94 valence electrons. The molecule has 3 nitrogen and oxygen atoms in total. The molecule has 1 aromatic carbocycles. The zero-order valence-corrected chi connectivity index (χ0v) is 11.3. The van der Waals surface area contributed by atoms with Crippen molar-refractivity contribution in [2.45, 2.75) is 13.0 Å². The topological polar surface area (TPSA) is 49.3 Å². The van der Waals surface area contributed by atoms with Crippen LogP contribution in [0.25, 0.3) is 0 Å². The Balaban J connectivity index is 2.25. The lowest BCUT2D eigenvalue weighted by Gasteiger charge is -2.15. The third-order valence-electron chi connectivity index (χ3n) is 2.57. The van der Waals surface area contributed by atoms with Gasteiger partial charge in [-0.25, -0.2) is 4.79 Å². The molecular weight excluding hydrogens is 270 g/mol. The van der Waals surface area contributed by atoms with Crippen LogP contribution in [0.5, 0.6) is 0 Å². The summed E-state index contributed by atoms with van der Waals surface area (Å²) in [5.74, 6) is -0.893. The number of benzene rings is 1. The molecular formula is C13H12ClNO2S. The van der Waals surface area contributed by atoms with Crippen LogP contribution < -0.4 is 5.32 Å². The first-order chi connectivity index (χ1) is 8.58. The summed E-state index contributed by atoms with van der Waals surface area (Å²) in [6, 6.07) is 8.17. The average Bonchev–Trinajstić information content (AvgIpc) is 2.74. The first-order valence-electron chi connectivity index (χ1n) is 5.37. The highest BCUT2D eigenvalue weighted by molar-refractivity contribution is 7.10. The number of aliphatic carboxylic acids is 1. The number of thiophene rings is 1. The molecule has 1 unspecified atom stereocenters. The number of carbonyl (C=O) groups is 1. The van der Waals surface area contributed by atoms with Gasteiger partial charge in [0, 0.05) is 15.6 Å². The summed E-state index contributed by atoms with van der Waals surface area (Å²) < 4.78 is 0. The van der Waals surface area contributed by atoms with Crippen LogP contribution in [0.15, 0.2) is 35.7 Å². The fourth-order valence-electron chi connectivity index (χ4n) is 1.63. The second kappa shape index (κ2) is 5.42. The number of aryl methyl sites for hydroxylation is 1. The predicted octanol–water partition coefficient (Wildman–Crippen LogP) is 3.95. The minimum absolute atomic E-state index is 0.625. The van der Waals surface area contributed by atoms with Gasteiger partial charge in [0.2, 0.25) is 0 Å². The molecule has 18 heavy (non-hydrogen) atoms. The van der Waals surface area contributed by atoms with Gasteiger partial charge in [0.25, 0.3) is 0 Å². The van der Waals surface area contributed by atoms with E-state index in [-0.39, 0.29) is 0 Å². The molecule has 2 rings (SSSR count). The molecule has 2 N–H and O–H groups in total. The monoisotopic (exact) mass is 281 g/mol. The third-order valence-corrected chi connectivity index (χ3v) is 3.90. The highest BCUT2D eigenvalue weighted by Gasteiger charge is 2.22. The van der Waals surface area contributed by atoms with Crippen LogP contribution in [0.4, 0.5) is 5.69 Å². The van der Waals surface area contributed by atoms with Crippen LogP contribution >= 0.6 is 22.9 Å². The minimum Gasteiger partial charge on any atom is -0.479 e. The van der Waals surface area contributed by atoms with E-state index in [4.69, 9.17) is 11.6 Å². The third kappa shape index (κ3) is 2.83. The van der Waals surface area contributed by atoms with Crippen molar-refractivity contribution in [2.75, 3.05) is 5.32 Å². The van der Waals surface area contributed by atoms with Gasteiger partial charge in [0.05, 0.1) is 0 Å². The van der Waals surface area contributed by atoms with E-state index < -0.39 is 12.0 Å². The number of halogens is 1. The zero-order valence-electron chi connectivity index (χ0n) is 9.68. The van der Waals surface area contributed by atoms with Crippen molar-refractivity contribution in [3.8, 4) is 0 Å². The van der Waals surface area contributed by atoms with E-state index in [0.717, 1.165) is 16.1 Å². The number of nitrogens with one attached hydrogen (secondary N) is 1. The van der Waals surface area contributed by atoms with E-state index in [2.05, 4.69) is 5.32 Å². The lowest BCUT2D eigenvalue weighted by Crippen LogP contribution is -2.20. The fourth-order valence-corrected chi connectivity index (χ4v) is 2.73. The van der Waals surface area contributed by atoms with Crippen molar-refractivity contribution in [3.63, 3.8) is 0 Å². The van der Waals surface area contributed by atoms with E-state index in [9.17, 15) is 9.90 Å². The normalized spacial score (nSPS) is 12.1. The summed E-state index contributed by atoms with van der Waals surface area (Å²) in [5.41, 5.74) is 1.72. The summed E-state index contributed by atoms with van der Waals surface area (Å²) in [7, 11) is 0. The van der Waals surface area contributed by atoms with Crippen molar-refractivity contribution in [1.82, 2.24) is 0 Å². The SMILES string of the molecule is Cc1ccsc1C(Nc1ccc(Cl)cc1)C(=O)O. The molecule has 0 saturated heterocycles. The maximum atomic E-state index is 11.3. The van der Waals surface area contributed by atoms with Gasteiger partial charge in [-0.3, -0.25) is 0 Å². The molecule has 5 heteroatoms. The summed E-state index contributed by atoms with van der Waals surface area (Å²) in [4.78, 5) is 12.2. The van der Waals surface area contributed by atoms with Crippen LogP contribution in [-0.4, -0.2) is 11.1 Å². The summed E-state index contributed by atoms with van der Waals surface area (Å²) in [6.07, 6.45) is 0. The number of carboxylic acid groups (broad SMARTS) is 1. The Labute approximate surface area is 114 Å². The van der Waals surface area contributed by atoms with Gasteiger partial charge in [-0.1, -0.05) is 11.6 Å². The van der Waals surface area contributed by atoms with Gasteiger partial charge in [-0.05, 0) is 48.2 Å². The lowest BCUT2D eigenvalue weighted by atomic mass is 10.1. The second-order valence-corrected chi connectivity index (χ2v) is 5.27. The molecule has 0 aliphatic carbocycles. The van der Waals surface area contributed by atoms with Gasteiger partial charge >= 0.3 is 5.97 Å². The van der Waals surface area contributed by atoms with Gasteiger partial charge < -0.3 is 10.4 Å². The zero-order chi connectivity index (χ0) is 13.1. The second-order valence-electron chi connectivity index (χ2n) is 3.89. The number of hydrogen-bond acceptors (Lipinski definition) is 3. The standard InChI is InChI=1S/C13H12ClNO2S/c1-8-6-7-18-12(8)11(13(16)17)15-10-4-2-9(14)3-5-10/h2-7,11,15H,1H3,(H,16,17). The van der Waals surface area contributed by atoms with Crippen LogP contribution in [0.1, 0.15) is 16.5 Å². The Bertz CT molecular complexity index is 550. The average molecular weight is 282 g/mol. The highest BCUT2D eigenvalue weighted by atomic mass is 35.5. The van der Waals surface area contributed by atoms with Crippen molar-refractivity contribution < 1.29 is 9.90 Å². The van der Waals surface area contributed by atoms with E-state index >= 15 is 0 Å².